The van der Waals surface area contributed by atoms with Crippen molar-refractivity contribution in [3.05, 3.63) is 71.8 Å². The first-order valence-electron chi connectivity index (χ1n) is 11.0. The van der Waals surface area contributed by atoms with Gasteiger partial charge in [0, 0.05) is 35.9 Å². The molecule has 1 aliphatic rings. The molecule has 1 heterocycles. The average Bonchev–Trinajstić information content (AvgIpc) is 2.76. The van der Waals surface area contributed by atoms with Crippen LogP contribution in [0.4, 0.5) is 4.79 Å². The molecule has 2 aromatic carbocycles. The fourth-order valence-electron chi connectivity index (χ4n) is 4.03. The largest absolute Gasteiger partial charge is 0.444 e. The molecule has 5 nitrogen and oxygen atoms in total. The lowest BCUT2D eigenvalue weighted by Crippen LogP contribution is -2.53. The van der Waals surface area contributed by atoms with Crippen LogP contribution in [0.15, 0.2) is 65.7 Å². The second-order valence-electron chi connectivity index (χ2n) is 9.67. The zero-order valence-corrected chi connectivity index (χ0v) is 20.5. The van der Waals surface area contributed by atoms with Crippen molar-refractivity contribution in [1.82, 2.24) is 4.90 Å². The van der Waals surface area contributed by atoms with Gasteiger partial charge in [0.2, 0.25) is 0 Å². The Balaban J connectivity index is 1.96. The van der Waals surface area contributed by atoms with Crippen molar-refractivity contribution in [2.75, 3.05) is 26.0 Å². The number of likely N-dealkylation sites (tertiary alicyclic amines) is 1. The SMILES string of the molecule is CSOCC1(C)CC(N=C(c2ccccc2)c2ccccc2)CN(C(=O)OC(C)(C)C)C1. The van der Waals surface area contributed by atoms with Crippen LogP contribution in [-0.2, 0) is 8.92 Å². The Bertz CT molecular complexity index is 870. The molecule has 0 spiro atoms. The van der Waals surface area contributed by atoms with Gasteiger partial charge in [-0.2, -0.15) is 0 Å². The van der Waals surface area contributed by atoms with E-state index in [9.17, 15) is 4.79 Å². The zero-order chi connectivity index (χ0) is 23.2. The summed E-state index contributed by atoms with van der Waals surface area (Å²) in [5, 5.41) is 0. The molecule has 0 radical (unpaired) electrons. The summed E-state index contributed by atoms with van der Waals surface area (Å²) in [4.78, 5) is 20.0. The highest BCUT2D eigenvalue weighted by atomic mass is 32.2. The maximum atomic E-state index is 13.0. The van der Waals surface area contributed by atoms with Crippen molar-refractivity contribution >= 4 is 23.8 Å². The zero-order valence-electron chi connectivity index (χ0n) is 19.7. The molecule has 1 fully saturated rings. The molecule has 2 atom stereocenters. The van der Waals surface area contributed by atoms with Crippen LogP contribution in [0, 0.1) is 5.41 Å². The number of amides is 1. The quantitative estimate of drug-likeness (QED) is 0.407. The summed E-state index contributed by atoms with van der Waals surface area (Å²) in [7, 11) is 0. The Labute approximate surface area is 196 Å². The first-order chi connectivity index (χ1) is 15.2. The summed E-state index contributed by atoms with van der Waals surface area (Å²) in [5.74, 6) is 0. The van der Waals surface area contributed by atoms with Crippen LogP contribution in [0.3, 0.4) is 0 Å². The Morgan fingerprint density at radius 2 is 1.66 bits per heavy atom. The van der Waals surface area contributed by atoms with E-state index in [4.69, 9.17) is 13.9 Å². The summed E-state index contributed by atoms with van der Waals surface area (Å²) in [5.41, 5.74) is 2.31. The molecule has 0 saturated carbocycles. The summed E-state index contributed by atoms with van der Waals surface area (Å²) < 4.78 is 11.4. The van der Waals surface area contributed by atoms with Crippen molar-refractivity contribution in [3.63, 3.8) is 0 Å². The Hall–Kier alpha value is -2.31. The highest BCUT2D eigenvalue weighted by molar-refractivity contribution is 7.93. The second kappa shape index (κ2) is 10.5. The molecule has 0 N–H and O–H groups in total. The number of piperidine rings is 1. The molecule has 6 heteroatoms. The van der Waals surface area contributed by atoms with Crippen LogP contribution in [0.2, 0.25) is 0 Å². The van der Waals surface area contributed by atoms with Gasteiger partial charge in [-0.1, -0.05) is 67.6 Å². The molecular formula is C26H34N2O3S. The third kappa shape index (κ3) is 6.84. The second-order valence-corrected chi connectivity index (χ2v) is 10.2. The number of hydrogen-bond donors (Lipinski definition) is 0. The molecule has 3 rings (SSSR count). The molecule has 32 heavy (non-hydrogen) atoms. The molecule has 1 aliphatic heterocycles. The fraction of sp³-hybridized carbons (Fsp3) is 0.462. The van der Waals surface area contributed by atoms with E-state index >= 15 is 0 Å². The minimum Gasteiger partial charge on any atom is -0.444 e. The van der Waals surface area contributed by atoms with Crippen molar-refractivity contribution in [3.8, 4) is 0 Å². The normalized spacial score (nSPS) is 21.2. The number of rotatable bonds is 6. The van der Waals surface area contributed by atoms with E-state index in [1.54, 1.807) is 4.90 Å². The van der Waals surface area contributed by atoms with Gasteiger partial charge < -0.3 is 13.8 Å². The standard InChI is InChI=1S/C26H34N2O3S/c1-25(2,3)31-24(29)28-17-22(16-26(4,18-28)19-30-32-5)27-23(20-12-8-6-9-13-20)21-14-10-7-11-15-21/h6-15,22H,16-19H2,1-5H3. The third-order valence-corrected chi connectivity index (χ3v) is 5.67. The molecule has 1 saturated heterocycles. The molecule has 1 amide bonds. The van der Waals surface area contributed by atoms with Crippen LogP contribution >= 0.6 is 12.0 Å². The van der Waals surface area contributed by atoms with Gasteiger partial charge in [-0.15, -0.1) is 0 Å². The molecule has 172 valence electrons. The lowest BCUT2D eigenvalue weighted by atomic mass is 9.80. The van der Waals surface area contributed by atoms with Crippen LogP contribution in [-0.4, -0.2) is 54.3 Å². The number of nitrogens with zero attached hydrogens (tertiary/aromatic N) is 2. The fourth-order valence-corrected chi connectivity index (χ4v) is 4.43. The molecule has 0 bridgehead atoms. The van der Waals surface area contributed by atoms with E-state index < -0.39 is 5.60 Å². The van der Waals surface area contributed by atoms with Crippen LogP contribution < -0.4 is 0 Å². The van der Waals surface area contributed by atoms with Gasteiger partial charge in [0.1, 0.15) is 5.60 Å². The van der Waals surface area contributed by atoms with Crippen molar-refractivity contribution < 1.29 is 13.7 Å². The van der Waals surface area contributed by atoms with Gasteiger partial charge in [-0.25, -0.2) is 4.79 Å². The predicted molar refractivity (Wildman–Crippen MR) is 132 cm³/mol. The highest BCUT2D eigenvalue weighted by Crippen LogP contribution is 2.34. The van der Waals surface area contributed by atoms with Gasteiger partial charge in [0.05, 0.1) is 18.4 Å². The maximum absolute atomic E-state index is 13.0. The van der Waals surface area contributed by atoms with Crippen molar-refractivity contribution in [2.24, 2.45) is 10.4 Å². The highest BCUT2D eigenvalue weighted by Gasteiger charge is 2.40. The molecule has 2 unspecified atom stereocenters. The summed E-state index contributed by atoms with van der Waals surface area (Å²) >= 11 is 1.35. The number of hydrogen-bond acceptors (Lipinski definition) is 5. The molecule has 0 aromatic heterocycles. The van der Waals surface area contributed by atoms with E-state index in [1.807, 2.05) is 63.4 Å². The van der Waals surface area contributed by atoms with E-state index in [1.165, 1.54) is 12.0 Å². The summed E-state index contributed by atoms with van der Waals surface area (Å²) in [6, 6.07) is 20.4. The minimum atomic E-state index is -0.543. The third-order valence-electron chi connectivity index (χ3n) is 5.32. The van der Waals surface area contributed by atoms with Crippen molar-refractivity contribution in [1.29, 1.82) is 0 Å². The minimum absolute atomic E-state index is 0.0675. The predicted octanol–water partition coefficient (Wildman–Crippen LogP) is 5.83. The van der Waals surface area contributed by atoms with Gasteiger partial charge >= 0.3 is 6.09 Å². The first-order valence-corrected chi connectivity index (χ1v) is 12.2. The maximum Gasteiger partial charge on any atom is 0.410 e. The van der Waals surface area contributed by atoms with E-state index in [-0.39, 0.29) is 17.6 Å². The number of aliphatic imine (C=N–C) groups is 1. The Morgan fingerprint density at radius 1 is 1.09 bits per heavy atom. The van der Waals surface area contributed by atoms with Gasteiger partial charge in [0.15, 0.2) is 0 Å². The van der Waals surface area contributed by atoms with Crippen molar-refractivity contribution in [2.45, 2.75) is 45.8 Å². The average molecular weight is 455 g/mol. The van der Waals surface area contributed by atoms with Crippen LogP contribution in [0.1, 0.15) is 45.2 Å². The lowest BCUT2D eigenvalue weighted by Gasteiger charge is -2.43. The summed E-state index contributed by atoms with van der Waals surface area (Å²) in [6.07, 6.45) is 2.44. The number of ether oxygens (including phenoxy) is 1. The van der Waals surface area contributed by atoms with E-state index in [0.717, 1.165) is 23.3 Å². The summed E-state index contributed by atoms with van der Waals surface area (Å²) in [6.45, 7) is 9.49. The number of carbonyl (C=O) groups is 1. The van der Waals surface area contributed by atoms with Crippen LogP contribution in [0.25, 0.3) is 0 Å². The first kappa shape index (κ1) is 24.3. The number of carbonyl (C=O) groups excluding carboxylic acids is 1. The van der Waals surface area contributed by atoms with Crippen LogP contribution in [0.5, 0.6) is 0 Å². The Kier molecular flexibility index (Phi) is 8.01. The van der Waals surface area contributed by atoms with E-state index in [0.29, 0.717) is 19.7 Å². The monoisotopic (exact) mass is 454 g/mol. The smallest absolute Gasteiger partial charge is 0.410 e. The van der Waals surface area contributed by atoms with E-state index in [2.05, 4.69) is 31.2 Å². The molecule has 2 aromatic rings. The van der Waals surface area contributed by atoms with Gasteiger partial charge in [0.25, 0.3) is 0 Å². The molecule has 0 aliphatic carbocycles. The lowest BCUT2D eigenvalue weighted by molar-refractivity contribution is -0.00331. The van der Waals surface area contributed by atoms with Gasteiger partial charge in [-0.3, -0.25) is 4.99 Å². The Morgan fingerprint density at radius 3 is 2.16 bits per heavy atom. The van der Waals surface area contributed by atoms with Gasteiger partial charge in [-0.05, 0) is 39.2 Å². The number of benzene rings is 2. The molecular weight excluding hydrogens is 420 g/mol. The topological polar surface area (TPSA) is 51.1 Å².